The molecule has 2 N–H and O–H groups in total. The van der Waals surface area contributed by atoms with Gasteiger partial charge in [-0.2, -0.15) is 0 Å². The van der Waals surface area contributed by atoms with Gasteiger partial charge in [0.15, 0.2) is 0 Å². The van der Waals surface area contributed by atoms with E-state index < -0.39 is 11.4 Å². The smallest absolute Gasteiger partial charge is 0.311 e. The van der Waals surface area contributed by atoms with E-state index in [1.165, 1.54) is 0 Å². The van der Waals surface area contributed by atoms with Crippen molar-refractivity contribution in [2.45, 2.75) is 39.5 Å². The van der Waals surface area contributed by atoms with Gasteiger partial charge in [-0.15, -0.1) is 0 Å². The SMILES string of the molecule is Cc1cc(NCC2(C(=O)O)CCOCC2)nc(C(C)C)n1. The molecule has 0 aliphatic carbocycles. The summed E-state index contributed by atoms with van der Waals surface area (Å²) in [6.07, 6.45) is 1.05. The first-order chi connectivity index (χ1) is 9.93. The summed E-state index contributed by atoms with van der Waals surface area (Å²) in [4.78, 5) is 20.5. The Labute approximate surface area is 124 Å². The number of aryl methyl sites for hydroxylation is 1. The van der Waals surface area contributed by atoms with E-state index in [4.69, 9.17) is 4.74 Å². The number of hydrogen-bond acceptors (Lipinski definition) is 5. The average molecular weight is 293 g/mol. The number of carboxylic acid groups (broad SMARTS) is 1. The van der Waals surface area contributed by atoms with Crippen molar-refractivity contribution in [2.75, 3.05) is 25.1 Å². The lowest BCUT2D eigenvalue weighted by atomic mass is 9.80. The fraction of sp³-hybridized carbons (Fsp3) is 0.667. The summed E-state index contributed by atoms with van der Waals surface area (Å²) >= 11 is 0. The molecular weight excluding hydrogens is 270 g/mol. The van der Waals surface area contributed by atoms with E-state index in [0.29, 0.717) is 38.4 Å². The molecule has 1 aliphatic rings. The van der Waals surface area contributed by atoms with Crippen LogP contribution in [0.2, 0.25) is 0 Å². The number of anilines is 1. The summed E-state index contributed by atoms with van der Waals surface area (Å²) in [6.45, 7) is 7.34. The van der Waals surface area contributed by atoms with Crippen LogP contribution in [-0.4, -0.2) is 40.8 Å². The van der Waals surface area contributed by atoms with Gasteiger partial charge in [0.1, 0.15) is 11.6 Å². The molecular formula is C15H23N3O3. The highest BCUT2D eigenvalue weighted by atomic mass is 16.5. The summed E-state index contributed by atoms with van der Waals surface area (Å²) in [5.74, 6) is 0.933. The van der Waals surface area contributed by atoms with Gasteiger partial charge in [-0.25, -0.2) is 9.97 Å². The van der Waals surface area contributed by atoms with E-state index in [-0.39, 0.29) is 5.92 Å². The molecule has 1 aromatic rings. The molecule has 0 radical (unpaired) electrons. The Balaban J connectivity index is 2.12. The van der Waals surface area contributed by atoms with Crippen LogP contribution in [-0.2, 0) is 9.53 Å². The molecule has 2 rings (SSSR count). The van der Waals surface area contributed by atoms with Crippen molar-refractivity contribution in [3.63, 3.8) is 0 Å². The molecule has 0 unspecified atom stereocenters. The third kappa shape index (κ3) is 3.69. The zero-order valence-corrected chi connectivity index (χ0v) is 12.8. The first kappa shape index (κ1) is 15.7. The lowest BCUT2D eigenvalue weighted by Crippen LogP contribution is -2.42. The number of nitrogens with zero attached hydrogens (tertiary/aromatic N) is 2. The van der Waals surface area contributed by atoms with E-state index in [2.05, 4.69) is 15.3 Å². The minimum absolute atomic E-state index is 0.238. The molecule has 1 aromatic heterocycles. The van der Waals surface area contributed by atoms with E-state index >= 15 is 0 Å². The number of nitrogens with one attached hydrogen (secondary N) is 1. The van der Waals surface area contributed by atoms with Crippen molar-refractivity contribution in [1.29, 1.82) is 0 Å². The molecule has 0 amide bonds. The zero-order chi connectivity index (χ0) is 15.5. The second-order valence-corrected chi connectivity index (χ2v) is 5.96. The van der Waals surface area contributed by atoms with Crippen molar-refractivity contribution >= 4 is 11.8 Å². The quantitative estimate of drug-likeness (QED) is 0.866. The van der Waals surface area contributed by atoms with Crippen molar-refractivity contribution in [3.8, 4) is 0 Å². The molecule has 0 spiro atoms. The molecule has 6 nitrogen and oxygen atoms in total. The minimum Gasteiger partial charge on any atom is -0.481 e. The normalized spacial score (nSPS) is 17.7. The molecule has 0 aromatic carbocycles. The van der Waals surface area contributed by atoms with Gasteiger partial charge in [0.25, 0.3) is 0 Å². The van der Waals surface area contributed by atoms with Crippen LogP contribution < -0.4 is 5.32 Å². The Bertz CT molecular complexity index is 511. The molecule has 0 atom stereocenters. The van der Waals surface area contributed by atoms with Gasteiger partial charge in [-0.3, -0.25) is 4.79 Å². The number of aromatic nitrogens is 2. The van der Waals surface area contributed by atoms with Crippen LogP contribution in [0.25, 0.3) is 0 Å². The van der Waals surface area contributed by atoms with Gasteiger partial charge in [0, 0.05) is 37.4 Å². The van der Waals surface area contributed by atoms with Crippen LogP contribution >= 0.6 is 0 Å². The first-order valence-corrected chi connectivity index (χ1v) is 7.33. The Morgan fingerprint density at radius 1 is 1.43 bits per heavy atom. The van der Waals surface area contributed by atoms with Crippen LogP contribution in [0, 0.1) is 12.3 Å². The Morgan fingerprint density at radius 2 is 2.10 bits per heavy atom. The molecule has 116 valence electrons. The fourth-order valence-electron chi connectivity index (χ4n) is 2.43. The largest absolute Gasteiger partial charge is 0.481 e. The third-order valence-corrected chi connectivity index (χ3v) is 3.90. The highest BCUT2D eigenvalue weighted by Crippen LogP contribution is 2.31. The number of aliphatic carboxylic acids is 1. The topological polar surface area (TPSA) is 84.3 Å². The second-order valence-electron chi connectivity index (χ2n) is 5.96. The van der Waals surface area contributed by atoms with Crippen LogP contribution in [0.15, 0.2) is 6.07 Å². The van der Waals surface area contributed by atoms with Crippen molar-refractivity contribution < 1.29 is 14.6 Å². The highest BCUT2D eigenvalue weighted by Gasteiger charge is 2.40. The maximum atomic E-state index is 11.6. The summed E-state index contributed by atoms with van der Waals surface area (Å²) in [5.41, 5.74) is 0.113. The van der Waals surface area contributed by atoms with Crippen LogP contribution in [0.1, 0.15) is 44.1 Å². The van der Waals surface area contributed by atoms with E-state index in [0.717, 1.165) is 11.5 Å². The molecule has 0 bridgehead atoms. The number of carbonyl (C=O) groups is 1. The highest BCUT2D eigenvalue weighted by molar-refractivity contribution is 5.75. The Hall–Kier alpha value is -1.69. The minimum atomic E-state index is -0.770. The molecule has 1 fully saturated rings. The molecule has 2 heterocycles. The van der Waals surface area contributed by atoms with Crippen molar-refractivity contribution in [2.24, 2.45) is 5.41 Å². The van der Waals surface area contributed by atoms with Crippen LogP contribution in [0.4, 0.5) is 5.82 Å². The third-order valence-electron chi connectivity index (χ3n) is 3.90. The standard InChI is InChI=1S/C15H23N3O3/c1-10(2)13-17-11(3)8-12(18-13)16-9-15(14(19)20)4-6-21-7-5-15/h8,10H,4-7,9H2,1-3H3,(H,19,20)(H,16,17,18). The summed E-state index contributed by atoms with van der Waals surface area (Å²) in [7, 11) is 0. The van der Waals surface area contributed by atoms with Crippen LogP contribution in [0.3, 0.4) is 0 Å². The summed E-state index contributed by atoms with van der Waals surface area (Å²) in [6, 6.07) is 1.85. The van der Waals surface area contributed by atoms with Crippen LogP contribution in [0.5, 0.6) is 0 Å². The van der Waals surface area contributed by atoms with Gasteiger partial charge in [0.2, 0.25) is 0 Å². The Kier molecular flexibility index (Phi) is 4.77. The Morgan fingerprint density at radius 3 is 2.67 bits per heavy atom. The van der Waals surface area contributed by atoms with Gasteiger partial charge in [0.05, 0.1) is 5.41 Å². The fourth-order valence-corrected chi connectivity index (χ4v) is 2.43. The average Bonchev–Trinajstić information content (AvgIpc) is 2.45. The lowest BCUT2D eigenvalue weighted by Gasteiger charge is -2.33. The number of hydrogen-bond donors (Lipinski definition) is 2. The number of ether oxygens (including phenoxy) is 1. The maximum Gasteiger partial charge on any atom is 0.311 e. The van der Waals surface area contributed by atoms with Crippen molar-refractivity contribution in [1.82, 2.24) is 9.97 Å². The van der Waals surface area contributed by atoms with E-state index in [9.17, 15) is 9.90 Å². The molecule has 1 saturated heterocycles. The van der Waals surface area contributed by atoms with Gasteiger partial charge >= 0.3 is 5.97 Å². The first-order valence-electron chi connectivity index (χ1n) is 7.33. The summed E-state index contributed by atoms with van der Waals surface area (Å²) in [5, 5.41) is 12.7. The predicted molar refractivity (Wildman–Crippen MR) is 79.5 cm³/mol. The zero-order valence-electron chi connectivity index (χ0n) is 12.8. The van der Waals surface area contributed by atoms with Gasteiger partial charge < -0.3 is 15.2 Å². The maximum absolute atomic E-state index is 11.6. The monoisotopic (exact) mass is 293 g/mol. The number of rotatable bonds is 5. The number of carboxylic acids is 1. The van der Waals surface area contributed by atoms with E-state index in [1.54, 1.807) is 0 Å². The van der Waals surface area contributed by atoms with E-state index in [1.807, 2.05) is 26.8 Å². The summed E-state index contributed by atoms with van der Waals surface area (Å²) < 4.78 is 5.28. The molecule has 1 aliphatic heterocycles. The van der Waals surface area contributed by atoms with Gasteiger partial charge in [-0.1, -0.05) is 13.8 Å². The lowest BCUT2D eigenvalue weighted by molar-refractivity contribution is -0.153. The van der Waals surface area contributed by atoms with Crippen molar-refractivity contribution in [3.05, 3.63) is 17.6 Å². The predicted octanol–water partition coefficient (Wildman–Crippen LogP) is 2.20. The molecule has 0 saturated carbocycles. The second kappa shape index (κ2) is 6.39. The molecule has 21 heavy (non-hydrogen) atoms. The van der Waals surface area contributed by atoms with Gasteiger partial charge in [-0.05, 0) is 19.8 Å². The molecule has 6 heteroatoms.